The number of hydrogen-bond acceptors (Lipinski definition) is 6. The van der Waals surface area contributed by atoms with Crippen molar-refractivity contribution in [2.24, 2.45) is 4.99 Å². The Morgan fingerprint density at radius 3 is 2.80 bits per heavy atom. The van der Waals surface area contributed by atoms with Crippen molar-refractivity contribution in [2.45, 2.75) is 12.2 Å². The van der Waals surface area contributed by atoms with Gasteiger partial charge in [0.2, 0.25) is 0 Å². The van der Waals surface area contributed by atoms with Gasteiger partial charge in [0, 0.05) is 6.20 Å². The van der Waals surface area contributed by atoms with Gasteiger partial charge in [-0.05, 0) is 6.92 Å². The van der Waals surface area contributed by atoms with E-state index in [9.17, 15) is 19.2 Å². The third-order valence-corrected chi connectivity index (χ3v) is 3.22. The minimum Gasteiger partial charge on any atom is -0.451 e. The number of aromatic amines is 2. The highest BCUT2D eigenvalue weighted by molar-refractivity contribution is 8.15. The number of nitrogens with zero attached hydrogens (tertiary/aromatic N) is 1. The summed E-state index contributed by atoms with van der Waals surface area (Å²) in [6.45, 7) is 1.12. The number of aromatic nitrogens is 2. The summed E-state index contributed by atoms with van der Waals surface area (Å²) in [5.74, 6) is -1.79. The molecule has 1 aliphatic rings. The third-order valence-electron chi connectivity index (χ3n) is 2.24. The summed E-state index contributed by atoms with van der Waals surface area (Å²) in [5, 5.41) is 2.19. The number of ether oxygens (including phenoxy) is 1. The van der Waals surface area contributed by atoms with Crippen molar-refractivity contribution in [3.05, 3.63) is 22.4 Å². The molecular formula is C10H10N4O5S. The molecule has 9 nitrogen and oxygen atoms in total. The van der Waals surface area contributed by atoms with Crippen molar-refractivity contribution in [1.29, 1.82) is 0 Å². The van der Waals surface area contributed by atoms with E-state index in [2.05, 4.69) is 25.0 Å². The minimum absolute atomic E-state index is 0.0841. The number of thioether (sulfide) groups is 1. The number of H-pyrrole nitrogens is 2. The summed E-state index contributed by atoms with van der Waals surface area (Å²) >= 11 is 1.11. The highest BCUT2D eigenvalue weighted by Crippen LogP contribution is 2.19. The Labute approximate surface area is 116 Å². The number of carbonyl (C=O) groups is 3. The van der Waals surface area contributed by atoms with Crippen LogP contribution in [0.4, 0.5) is 0 Å². The van der Waals surface area contributed by atoms with Crippen molar-refractivity contribution in [2.75, 3.05) is 6.61 Å². The van der Waals surface area contributed by atoms with Gasteiger partial charge >= 0.3 is 11.7 Å². The van der Waals surface area contributed by atoms with Crippen LogP contribution in [0.25, 0.3) is 0 Å². The zero-order valence-electron chi connectivity index (χ0n) is 10.3. The lowest BCUT2D eigenvalue weighted by Crippen LogP contribution is -2.32. The Morgan fingerprint density at radius 2 is 2.25 bits per heavy atom. The van der Waals surface area contributed by atoms with E-state index in [1.807, 2.05) is 0 Å². The summed E-state index contributed by atoms with van der Waals surface area (Å²) < 4.78 is 4.68. The molecule has 0 fully saturated rings. The molecule has 1 atom stereocenters. The van der Waals surface area contributed by atoms with E-state index in [4.69, 9.17) is 0 Å². The second-order valence-electron chi connectivity index (χ2n) is 3.80. The number of amides is 2. The molecule has 0 aromatic carbocycles. The Morgan fingerprint density at radius 1 is 1.50 bits per heavy atom. The number of aliphatic imine (C=N–C) groups is 1. The predicted molar refractivity (Wildman–Crippen MR) is 69.3 cm³/mol. The summed E-state index contributed by atoms with van der Waals surface area (Å²) in [5.41, 5.74) is -0.634. The van der Waals surface area contributed by atoms with Crippen molar-refractivity contribution in [3.63, 3.8) is 0 Å². The van der Waals surface area contributed by atoms with Gasteiger partial charge in [-0.2, -0.15) is 4.99 Å². The molecule has 2 rings (SSSR count). The molecule has 20 heavy (non-hydrogen) atoms. The lowest BCUT2D eigenvalue weighted by Gasteiger charge is -2.04. The molecule has 0 bridgehead atoms. The van der Waals surface area contributed by atoms with Gasteiger partial charge in [0.05, 0.1) is 5.25 Å². The average Bonchev–Trinajstić information content (AvgIpc) is 2.94. The lowest BCUT2D eigenvalue weighted by atomic mass is 10.5. The van der Waals surface area contributed by atoms with Crippen LogP contribution in [0, 0.1) is 0 Å². The first-order chi connectivity index (χ1) is 9.45. The van der Waals surface area contributed by atoms with Gasteiger partial charge in [0.25, 0.3) is 11.8 Å². The maximum Gasteiger partial charge on any atom is 0.356 e. The van der Waals surface area contributed by atoms with Gasteiger partial charge in [-0.15, -0.1) is 0 Å². The first-order valence-corrected chi connectivity index (χ1v) is 6.37. The number of esters is 1. The number of amidine groups is 1. The summed E-state index contributed by atoms with van der Waals surface area (Å²) in [6.07, 6.45) is 1.14. The van der Waals surface area contributed by atoms with Crippen molar-refractivity contribution in [1.82, 2.24) is 15.3 Å². The molecular weight excluding hydrogens is 288 g/mol. The Balaban J connectivity index is 1.81. The zero-order valence-corrected chi connectivity index (χ0v) is 11.1. The minimum atomic E-state index is -0.844. The predicted octanol–water partition coefficient (Wildman–Crippen LogP) is -1.01. The lowest BCUT2D eigenvalue weighted by molar-refractivity contribution is -0.122. The van der Waals surface area contributed by atoms with Crippen LogP contribution in [0.3, 0.4) is 0 Å². The van der Waals surface area contributed by atoms with Gasteiger partial charge in [-0.1, -0.05) is 11.8 Å². The van der Waals surface area contributed by atoms with Crippen LogP contribution < -0.4 is 11.0 Å². The highest BCUT2D eigenvalue weighted by Gasteiger charge is 2.25. The van der Waals surface area contributed by atoms with E-state index in [1.165, 1.54) is 0 Å². The fourth-order valence-corrected chi connectivity index (χ4v) is 2.10. The number of imidazole rings is 1. The molecule has 1 aromatic heterocycles. The Hall–Kier alpha value is -2.36. The molecule has 10 heteroatoms. The smallest absolute Gasteiger partial charge is 0.356 e. The van der Waals surface area contributed by atoms with E-state index < -0.39 is 24.2 Å². The SMILES string of the molecule is CC1SC(NC(=O)COC(=O)c2c[nH]c(=O)[nH]2)=NC1=O. The molecule has 1 aromatic rings. The third kappa shape index (κ3) is 3.35. The van der Waals surface area contributed by atoms with Crippen LogP contribution in [0.1, 0.15) is 17.4 Å². The van der Waals surface area contributed by atoms with E-state index in [-0.39, 0.29) is 22.0 Å². The van der Waals surface area contributed by atoms with Crippen LogP contribution in [0.5, 0.6) is 0 Å². The van der Waals surface area contributed by atoms with Gasteiger partial charge in [0.1, 0.15) is 5.69 Å². The molecule has 2 heterocycles. The first-order valence-electron chi connectivity index (χ1n) is 5.49. The quantitative estimate of drug-likeness (QED) is 0.612. The molecule has 0 saturated carbocycles. The number of rotatable bonds is 3. The molecule has 0 saturated heterocycles. The molecule has 0 aliphatic carbocycles. The number of carbonyl (C=O) groups excluding carboxylic acids is 3. The van der Waals surface area contributed by atoms with Gasteiger partial charge in [-0.3, -0.25) is 9.59 Å². The summed E-state index contributed by atoms with van der Waals surface area (Å²) in [6, 6.07) is 0. The molecule has 1 aliphatic heterocycles. The van der Waals surface area contributed by atoms with Crippen molar-refractivity contribution >= 4 is 34.7 Å². The largest absolute Gasteiger partial charge is 0.451 e. The molecule has 3 N–H and O–H groups in total. The second-order valence-corrected chi connectivity index (χ2v) is 5.13. The van der Waals surface area contributed by atoms with Crippen LogP contribution >= 0.6 is 11.8 Å². The first kappa shape index (κ1) is 14.1. The topological polar surface area (TPSA) is 133 Å². The fraction of sp³-hybridized carbons (Fsp3) is 0.300. The van der Waals surface area contributed by atoms with Crippen LogP contribution in [-0.4, -0.2) is 44.8 Å². The van der Waals surface area contributed by atoms with Crippen LogP contribution in [-0.2, 0) is 14.3 Å². The van der Waals surface area contributed by atoms with Gasteiger partial charge in [0.15, 0.2) is 11.8 Å². The normalized spacial score (nSPS) is 17.8. The molecule has 1 unspecified atom stereocenters. The van der Waals surface area contributed by atoms with E-state index >= 15 is 0 Å². The fourth-order valence-electron chi connectivity index (χ4n) is 1.30. The molecule has 0 radical (unpaired) electrons. The zero-order chi connectivity index (χ0) is 14.7. The van der Waals surface area contributed by atoms with Gasteiger partial charge < -0.3 is 20.0 Å². The standard InChI is InChI=1S/C10H10N4O5S/c1-4-7(16)14-10(20-4)13-6(15)3-19-8(17)5-2-11-9(18)12-5/h2,4H,3H2,1H3,(H2,11,12,18)(H,13,14,15,16). The van der Waals surface area contributed by atoms with Crippen molar-refractivity contribution in [3.8, 4) is 0 Å². The summed E-state index contributed by atoms with van der Waals surface area (Å²) in [7, 11) is 0. The molecule has 106 valence electrons. The van der Waals surface area contributed by atoms with Gasteiger partial charge in [-0.25, -0.2) is 9.59 Å². The highest BCUT2D eigenvalue weighted by atomic mass is 32.2. The maximum absolute atomic E-state index is 11.5. The Kier molecular flexibility index (Phi) is 4.03. The van der Waals surface area contributed by atoms with Crippen molar-refractivity contribution < 1.29 is 19.1 Å². The maximum atomic E-state index is 11.5. The number of nitrogens with one attached hydrogen (secondary N) is 3. The van der Waals surface area contributed by atoms with E-state index in [0.29, 0.717) is 0 Å². The van der Waals surface area contributed by atoms with Crippen LogP contribution in [0.2, 0.25) is 0 Å². The van der Waals surface area contributed by atoms with Crippen LogP contribution in [0.15, 0.2) is 16.0 Å². The Bertz CT molecular complexity index is 646. The van der Waals surface area contributed by atoms with E-state index in [1.54, 1.807) is 6.92 Å². The second kappa shape index (κ2) is 5.74. The monoisotopic (exact) mass is 298 g/mol. The van der Waals surface area contributed by atoms with E-state index in [0.717, 1.165) is 18.0 Å². The number of hydrogen-bond donors (Lipinski definition) is 3. The summed E-state index contributed by atoms with van der Waals surface area (Å²) in [4.78, 5) is 52.9. The average molecular weight is 298 g/mol. The molecule has 0 spiro atoms. The molecule has 2 amide bonds.